The first kappa shape index (κ1) is 19.2. The zero-order chi connectivity index (χ0) is 18.4. The summed E-state index contributed by atoms with van der Waals surface area (Å²) in [5.41, 5.74) is 0.656. The Morgan fingerprint density at radius 1 is 1.16 bits per heavy atom. The van der Waals surface area contributed by atoms with Gasteiger partial charge in [0, 0.05) is 11.7 Å². The zero-order valence-corrected chi connectivity index (χ0v) is 15.4. The van der Waals surface area contributed by atoms with Crippen LogP contribution in [0.4, 0.5) is 5.69 Å². The van der Waals surface area contributed by atoms with Crippen molar-refractivity contribution in [2.45, 2.75) is 24.8 Å². The number of sulfonamides is 1. The lowest BCUT2D eigenvalue weighted by molar-refractivity contribution is -0.118. The summed E-state index contributed by atoms with van der Waals surface area (Å²) < 4.78 is 32.0. The van der Waals surface area contributed by atoms with Crippen LogP contribution in [0, 0.1) is 0 Å². The highest BCUT2D eigenvalue weighted by atomic mass is 35.5. The molecule has 2 N–H and O–H groups in total. The fourth-order valence-electron chi connectivity index (χ4n) is 2.01. The van der Waals surface area contributed by atoms with Crippen molar-refractivity contribution in [2.24, 2.45) is 0 Å². The molecule has 0 aliphatic heterocycles. The molecule has 0 fully saturated rings. The number of hydrogen-bond acceptors (Lipinski definition) is 4. The molecule has 0 unspecified atom stereocenters. The molecule has 2 aromatic carbocycles. The number of benzene rings is 2. The van der Waals surface area contributed by atoms with Gasteiger partial charge in [0.15, 0.2) is 6.61 Å². The number of hydrogen-bond donors (Lipinski definition) is 2. The number of nitrogens with one attached hydrogen (secondary N) is 2. The van der Waals surface area contributed by atoms with E-state index in [9.17, 15) is 13.2 Å². The van der Waals surface area contributed by atoms with Crippen LogP contribution in [0.5, 0.6) is 5.75 Å². The minimum atomic E-state index is -3.64. The smallest absolute Gasteiger partial charge is 0.262 e. The predicted octanol–water partition coefficient (Wildman–Crippen LogP) is 3.04. The fourth-order valence-corrected chi connectivity index (χ4v) is 3.58. The highest BCUT2D eigenvalue weighted by Gasteiger charge is 2.17. The van der Waals surface area contributed by atoms with Crippen LogP contribution in [0.3, 0.4) is 0 Å². The molecule has 1 amide bonds. The van der Waals surface area contributed by atoms with Crippen LogP contribution >= 0.6 is 11.6 Å². The van der Waals surface area contributed by atoms with E-state index in [-0.39, 0.29) is 34.2 Å². The maximum atomic E-state index is 12.1. The molecule has 8 heteroatoms. The quantitative estimate of drug-likeness (QED) is 0.770. The van der Waals surface area contributed by atoms with Gasteiger partial charge in [-0.25, -0.2) is 13.1 Å². The molecule has 0 atom stereocenters. The lowest BCUT2D eigenvalue weighted by Gasteiger charge is -2.12. The average molecular weight is 383 g/mol. The van der Waals surface area contributed by atoms with E-state index in [2.05, 4.69) is 10.0 Å². The summed E-state index contributed by atoms with van der Waals surface area (Å²) in [4.78, 5) is 11.9. The Kier molecular flexibility index (Phi) is 6.41. The van der Waals surface area contributed by atoms with E-state index in [4.69, 9.17) is 16.3 Å². The molecule has 0 saturated carbocycles. The highest BCUT2D eigenvalue weighted by Crippen LogP contribution is 2.27. The number of carbonyl (C=O) groups excluding carboxylic acids is 1. The van der Waals surface area contributed by atoms with E-state index >= 15 is 0 Å². The molecule has 134 valence electrons. The van der Waals surface area contributed by atoms with Crippen molar-refractivity contribution in [2.75, 3.05) is 11.9 Å². The lowest BCUT2D eigenvalue weighted by Crippen LogP contribution is -2.30. The van der Waals surface area contributed by atoms with Crippen molar-refractivity contribution in [3.8, 4) is 5.75 Å². The number of amides is 1. The van der Waals surface area contributed by atoms with Gasteiger partial charge in [-0.3, -0.25) is 4.79 Å². The first-order chi connectivity index (χ1) is 11.8. The summed E-state index contributed by atoms with van der Waals surface area (Å²) in [5, 5.41) is 2.79. The minimum absolute atomic E-state index is 0.0345. The van der Waals surface area contributed by atoms with Gasteiger partial charge in [-0.1, -0.05) is 29.8 Å². The first-order valence-electron chi connectivity index (χ1n) is 7.57. The van der Waals surface area contributed by atoms with Gasteiger partial charge < -0.3 is 10.1 Å². The molecule has 6 nitrogen and oxygen atoms in total. The van der Waals surface area contributed by atoms with Crippen LogP contribution in [0.1, 0.15) is 13.8 Å². The molecule has 2 aromatic rings. The summed E-state index contributed by atoms with van der Waals surface area (Å²) in [6.07, 6.45) is 0. The van der Waals surface area contributed by atoms with Crippen LogP contribution in [-0.4, -0.2) is 27.0 Å². The summed E-state index contributed by atoms with van der Waals surface area (Å²) in [6, 6.07) is 12.8. The Hall–Kier alpha value is -2.09. The monoisotopic (exact) mass is 382 g/mol. The van der Waals surface area contributed by atoms with E-state index < -0.39 is 10.0 Å². The van der Waals surface area contributed by atoms with Gasteiger partial charge in [0.25, 0.3) is 5.91 Å². The Balaban J connectivity index is 2.00. The Bertz CT molecular complexity index is 839. The lowest BCUT2D eigenvalue weighted by atomic mass is 10.3. The third kappa shape index (κ3) is 5.74. The Morgan fingerprint density at radius 2 is 1.84 bits per heavy atom. The van der Waals surface area contributed by atoms with E-state index in [0.717, 1.165) is 0 Å². The summed E-state index contributed by atoms with van der Waals surface area (Å²) in [6.45, 7) is 3.20. The summed E-state index contributed by atoms with van der Waals surface area (Å²) >= 11 is 6.07. The van der Waals surface area contributed by atoms with Crippen molar-refractivity contribution < 1.29 is 17.9 Å². The number of para-hydroxylation sites is 1. The second-order valence-corrected chi connectivity index (χ2v) is 7.69. The first-order valence-corrected chi connectivity index (χ1v) is 9.43. The maximum absolute atomic E-state index is 12.1. The van der Waals surface area contributed by atoms with Crippen molar-refractivity contribution in [1.82, 2.24) is 4.72 Å². The van der Waals surface area contributed by atoms with Crippen LogP contribution in [-0.2, 0) is 14.8 Å². The van der Waals surface area contributed by atoms with Crippen molar-refractivity contribution in [3.05, 3.63) is 53.6 Å². The average Bonchev–Trinajstić information content (AvgIpc) is 2.53. The van der Waals surface area contributed by atoms with Crippen molar-refractivity contribution in [3.63, 3.8) is 0 Å². The van der Waals surface area contributed by atoms with Gasteiger partial charge in [-0.15, -0.1) is 0 Å². The number of rotatable bonds is 7. The molecule has 0 aliphatic carbocycles. The van der Waals surface area contributed by atoms with Gasteiger partial charge in [0.2, 0.25) is 10.0 Å². The molecular weight excluding hydrogens is 364 g/mol. The van der Waals surface area contributed by atoms with Gasteiger partial charge in [0.1, 0.15) is 5.75 Å². The molecule has 0 heterocycles. The molecule has 0 spiro atoms. The minimum Gasteiger partial charge on any atom is -0.482 e. The van der Waals surface area contributed by atoms with Crippen molar-refractivity contribution in [1.29, 1.82) is 0 Å². The van der Waals surface area contributed by atoms with Gasteiger partial charge in [-0.05, 0) is 44.2 Å². The molecule has 0 aliphatic rings. The third-order valence-corrected chi connectivity index (χ3v) is 4.97. The van der Waals surface area contributed by atoms with E-state index in [1.165, 1.54) is 18.2 Å². The van der Waals surface area contributed by atoms with E-state index in [1.807, 2.05) is 6.07 Å². The van der Waals surface area contributed by atoms with Crippen LogP contribution in [0.15, 0.2) is 53.4 Å². The second-order valence-electron chi connectivity index (χ2n) is 5.57. The second kappa shape index (κ2) is 8.33. The number of halogens is 1. The maximum Gasteiger partial charge on any atom is 0.262 e. The Morgan fingerprint density at radius 3 is 2.44 bits per heavy atom. The fraction of sp³-hybridized carbons (Fsp3) is 0.235. The highest BCUT2D eigenvalue weighted by molar-refractivity contribution is 7.89. The normalized spacial score (nSPS) is 11.4. The topological polar surface area (TPSA) is 84.5 Å². The van der Waals surface area contributed by atoms with Crippen LogP contribution in [0.2, 0.25) is 5.02 Å². The predicted molar refractivity (Wildman–Crippen MR) is 97.5 cm³/mol. The molecule has 0 aromatic heterocycles. The molecule has 0 saturated heterocycles. The van der Waals surface area contributed by atoms with Gasteiger partial charge in [-0.2, -0.15) is 0 Å². The summed E-state index contributed by atoms with van der Waals surface area (Å²) in [5.74, 6) is -0.117. The zero-order valence-electron chi connectivity index (χ0n) is 13.8. The number of anilines is 1. The largest absolute Gasteiger partial charge is 0.482 e. The molecule has 2 rings (SSSR count). The SMILES string of the molecule is CC(C)NS(=O)(=O)c1ccc(OCC(=O)Nc2ccccc2)c(Cl)c1. The molecule has 0 radical (unpaired) electrons. The summed E-state index contributed by atoms with van der Waals surface area (Å²) in [7, 11) is -3.64. The standard InChI is InChI=1S/C17H19ClN2O4S/c1-12(2)20-25(22,23)14-8-9-16(15(18)10-14)24-11-17(21)19-13-6-4-3-5-7-13/h3-10,12,20H,11H2,1-2H3,(H,19,21). The Labute approximate surface area is 152 Å². The van der Waals surface area contributed by atoms with Crippen molar-refractivity contribution >= 4 is 33.2 Å². The van der Waals surface area contributed by atoms with E-state index in [0.29, 0.717) is 5.69 Å². The van der Waals surface area contributed by atoms with E-state index in [1.54, 1.807) is 38.1 Å². The van der Waals surface area contributed by atoms with Gasteiger partial charge >= 0.3 is 0 Å². The number of carbonyl (C=O) groups is 1. The molecular formula is C17H19ClN2O4S. The molecule has 25 heavy (non-hydrogen) atoms. The van der Waals surface area contributed by atoms with Crippen LogP contribution < -0.4 is 14.8 Å². The van der Waals surface area contributed by atoms with Crippen LogP contribution in [0.25, 0.3) is 0 Å². The molecule has 0 bridgehead atoms. The van der Waals surface area contributed by atoms with Gasteiger partial charge in [0.05, 0.1) is 9.92 Å². The number of ether oxygens (including phenoxy) is 1. The third-order valence-electron chi connectivity index (χ3n) is 3.02.